The molecule has 6 N–H and O–H groups in total. The molecule has 1 amide bonds. The van der Waals surface area contributed by atoms with E-state index in [-0.39, 0.29) is 11.5 Å². The number of nitrogens with two attached hydrogens (primary N) is 2. The lowest BCUT2D eigenvalue weighted by atomic mass is 10.1. The fourth-order valence-corrected chi connectivity index (χ4v) is 2.98. The molecule has 2 heterocycles. The van der Waals surface area contributed by atoms with Gasteiger partial charge in [-0.2, -0.15) is 0 Å². The van der Waals surface area contributed by atoms with Crippen molar-refractivity contribution >= 4 is 23.1 Å². The Kier molecular flexibility index (Phi) is 7.85. The van der Waals surface area contributed by atoms with Gasteiger partial charge in [-0.25, -0.2) is 9.97 Å². The Bertz CT molecular complexity index is 1010. The number of rotatable bonds is 10. The second-order valence-corrected chi connectivity index (χ2v) is 6.87. The fourth-order valence-electron chi connectivity index (χ4n) is 2.98. The lowest BCUT2D eigenvalue weighted by molar-refractivity contribution is 0.102. The van der Waals surface area contributed by atoms with E-state index in [1.165, 1.54) is 0 Å². The van der Waals surface area contributed by atoms with Gasteiger partial charge in [-0.15, -0.1) is 0 Å². The third-order valence-electron chi connectivity index (χ3n) is 4.61. The Morgan fingerprint density at radius 1 is 1.13 bits per heavy atom. The molecule has 0 radical (unpaired) electrons. The van der Waals surface area contributed by atoms with Crippen LogP contribution in [-0.4, -0.2) is 47.7 Å². The second kappa shape index (κ2) is 11.0. The zero-order chi connectivity index (χ0) is 22.1. The minimum absolute atomic E-state index is 0.0534. The van der Waals surface area contributed by atoms with Gasteiger partial charge in [0.2, 0.25) is 0 Å². The summed E-state index contributed by atoms with van der Waals surface area (Å²) in [6, 6.07) is 9.61. The molecule has 0 saturated carbocycles. The summed E-state index contributed by atoms with van der Waals surface area (Å²) in [5, 5.41) is 6.08. The molecule has 0 fully saturated rings. The highest BCUT2D eigenvalue weighted by Crippen LogP contribution is 2.23. The molecule has 162 valence electrons. The summed E-state index contributed by atoms with van der Waals surface area (Å²) in [5.41, 5.74) is 15.4. The molecule has 9 heteroatoms. The number of nitrogens with zero attached hydrogens (tertiary/aromatic N) is 3. The number of carbonyl (C=O) groups excluding carboxylic acids is 1. The van der Waals surface area contributed by atoms with Crippen LogP contribution >= 0.6 is 0 Å². The van der Waals surface area contributed by atoms with Crippen LogP contribution < -0.4 is 22.1 Å². The number of aromatic nitrogens is 3. The van der Waals surface area contributed by atoms with Crippen LogP contribution in [0.15, 0.2) is 48.9 Å². The maximum atomic E-state index is 12.9. The van der Waals surface area contributed by atoms with Gasteiger partial charge in [0.25, 0.3) is 5.91 Å². The minimum Gasteiger partial charge on any atom is -0.385 e. The maximum Gasteiger partial charge on any atom is 0.278 e. The lowest BCUT2D eigenvalue weighted by Gasteiger charge is -2.13. The van der Waals surface area contributed by atoms with E-state index in [2.05, 4.69) is 25.6 Å². The number of benzene rings is 1. The first kappa shape index (κ1) is 22.1. The number of pyridine rings is 1. The number of carbonyl (C=O) groups is 1. The molecule has 0 saturated heterocycles. The number of hydrogen-bond acceptors (Lipinski definition) is 8. The van der Waals surface area contributed by atoms with Gasteiger partial charge < -0.3 is 26.8 Å². The van der Waals surface area contributed by atoms with Crippen LogP contribution in [0.2, 0.25) is 0 Å². The smallest absolute Gasteiger partial charge is 0.278 e. The fraction of sp³-hybridized carbons (Fsp3) is 0.273. The summed E-state index contributed by atoms with van der Waals surface area (Å²) in [6.45, 7) is 1.92. The molecule has 31 heavy (non-hydrogen) atoms. The largest absolute Gasteiger partial charge is 0.385 e. The van der Waals surface area contributed by atoms with Crippen LogP contribution in [-0.2, 0) is 11.2 Å². The Morgan fingerprint density at radius 3 is 2.68 bits per heavy atom. The van der Waals surface area contributed by atoms with Crippen molar-refractivity contribution in [2.45, 2.75) is 12.8 Å². The highest BCUT2D eigenvalue weighted by Gasteiger charge is 2.16. The quantitative estimate of drug-likeness (QED) is 0.366. The molecule has 0 aliphatic carbocycles. The molecule has 3 rings (SSSR count). The molecular formula is C22H27N7O2. The van der Waals surface area contributed by atoms with E-state index in [1.807, 2.05) is 24.3 Å². The van der Waals surface area contributed by atoms with Gasteiger partial charge >= 0.3 is 0 Å². The van der Waals surface area contributed by atoms with Crippen LogP contribution in [0.1, 0.15) is 22.5 Å². The Balaban J connectivity index is 1.77. The first-order valence-corrected chi connectivity index (χ1v) is 10.0. The number of nitrogen functional groups attached to an aromatic ring is 1. The molecule has 0 atom stereocenters. The predicted octanol–water partition coefficient (Wildman–Crippen LogP) is 2.32. The SMILES string of the molecule is COCCCNc1ccncc1NC(=O)c1nc(-c2ccc(CCN)cc2)cnc1N. The molecule has 0 aliphatic rings. The van der Waals surface area contributed by atoms with Gasteiger partial charge in [-0.3, -0.25) is 9.78 Å². The van der Waals surface area contributed by atoms with Crippen molar-refractivity contribution in [1.29, 1.82) is 0 Å². The highest BCUT2D eigenvalue weighted by atomic mass is 16.5. The minimum atomic E-state index is -0.459. The first-order chi connectivity index (χ1) is 15.1. The van der Waals surface area contributed by atoms with Crippen LogP contribution in [0, 0.1) is 0 Å². The summed E-state index contributed by atoms with van der Waals surface area (Å²) in [5.74, 6) is -0.404. The average Bonchev–Trinajstić information content (AvgIpc) is 2.79. The van der Waals surface area contributed by atoms with Crippen molar-refractivity contribution in [3.63, 3.8) is 0 Å². The standard InChI is InChI=1S/C22H27N7O2/c1-31-12-2-10-26-17-8-11-25-13-19(17)29-22(30)20-21(24)27-14-18(28-20)16-5-3-15(4-6-16)7-9-23/h3-6,8,11,13-14H,2,7,9-10,12,23H2,1H3,(H2,24,27)(H,25,26)(H,29,30). The Morgan fingerprint density at radius 2 is 1.94 bits per heavy atom. The number of anilines is 3. The van der Waals surface area contributed by atoms with E-state index in [0.29, 0.717) is 31.1 Å². The van der Waals surface area contributed by atoms with E-state index >= 15 is 0 Å². The Hall–Kier alpha value is -3.56. The van der Waals surface area contributed by atoms with Gasteiger partial charge in [0, 0.05) is 32.0 Å². The van der Waals surface area contributed by atoms with Crippen LogP contribution in [0.5, 0.6) is 0 Å². The van der Waals surface area contributed by atoms with Crippen LogP contribution in [0.3, 0.4) is 0 Å². The van der Waals surface area contributed by atoms with E-state index in [1.54, 1.807) is 31.8 Å². The molecule has 0 unspecified atom stereocenters. The van der Waals surface area contributed by atoms with Gasteiger partial charge in [0.05, 0.1) is 29.5 Å². The van der Waals surface area contributed by atoms with Crippen molar-refractivity contribution in [1.82, 2.24) is 15.0 Å². The molecule has 9 nitrogen and oxygen atoms in total. The predicted molar refractivity (Wildman–Crippen MR) is 122 cm³/mol. The van der Waals surface area contributed by atoms with Crippen molar-refractivity contribution in [2.75, 3.05) is 43.2 Å². The van der Waals surface area contributed by atoms with E-state index in [9.17, 15) is 4.79 Å². The summed E-state index contributed by atoms with van der Waals surface area (Å²) in [4.78, 5) is 25.6. The molecule has 0 aliphatic heterocycles. The van der Waals surface area contributed by atoms with E-state index in [4.69, 9.17) is 16.2 Å². The number of hydrogen-bond donors (Lipinski definition) is 4. The zero-order valence-corrected chi connectivity index (χ0v) is 17.5. The van der Waals surface area contributed by atoms with E-state index in [0.717, 1.165) is 29.7 Å². The summed E-state index contributed by atoms with van der Waals surface area (Å²) < 4.78 is 5.06. The summed E-state index contributed by atoms with van der Waals surface area (Å²) in [6.07, 6.45) is 6.40. The second-order valence-electron chi connectivity index (χ2n) is 6.87. The van der Waals surface area contributed by atoms with Crippen molar-refractivity contribution in [3.05, 3.63) is 60.2 Å². The number of ether oxygens (including phenoxy) is 1. The Labute approximate surface area is 181 Å². The lowest BCUT2D eigenvalue weighted by Crippen LogP contribution is -2.18. The first-order valence-electron chi connectivity index (χ1n) is 10.0. The van der Waals surface area contributed by atoms with Gasteiger partial charge in [0.1, 0.15) is 0 Å². The van der Waals surface area contributed by atoms with Gasteiger partial charge in [-0.1, -0.05) is 24.3 Å². The molecular weight excluding hydrogens is 394 g/mol. The van der Waals surface area contributed by atoms with Crippen molar-refractivity contribution in [2.24, 2.45) is 5.73 Å². The number of amides is 1. The molecule has 3 aromatic rings. The normalized spacial score (nSPS) is 10.6. The van der Waals surface area contributed by atoms with Crippen LogP contribution in [0.25, 0.3) is 11.3 Å². The number of nitrogens with one attached hydrogen (secondary N) is 2. The third kappa shape index (κ3) is 5.97. The maximum absolute atomic E-state index is 12.9. The molecule has 2 aromatic heterocycles. The van der Waals surface area contributed by atoms with Crippen LogP contribution in [0.4, 0.5) is 17.2 Å². The van der Waals surface area contributed by atoms with Gasteiger partial charge in [0.15, 0.2) is 11.5 Å². The average molecular weight is 422 g/mol. The monoisotopic (exact) mass is 421 g/mol. The van der Waals surface area contributed by atoms with Crippen molar-refractivity contribution in [3.8, 4) is 11.3 Å². The van der Waals surface area contributed by atoms with E-state index < -0.39 is 5.91 Å². The van der Waals surface area contributed by atoms with Gasteiger partial charge in [-0.05, 0) is 31.0 Å². The highest BCUT2D eigenvalue weighted by molar-refractivity contribution is 6.07. The zero-order valence-electron chi connectivity index (χ0n) is 17.5. The third-order valence-corrected chi connectivity index (χ3v) is 4.61. The number of methoxy groups -OCH3 is 1. The topological polar surface area (TPSA) is 141 Å². The molecule has 1 aromatic carbocycles. The molecule has 0 bridgehead atoms. The summed E-state index contributed by atoms with van der Waals surface area (Å²) >= 11 is 0. The molecule has 0 spiro atoms. The van der Waals surface area contributed by atoms with Crippen molar-refractivity contribution < 1.29 is 9.53 Å². The summed E-state index contributed by atoms with van der Waals surface area (Å²) in [7, 11) is 1.66.